The summed E-state index contributed by atoms with van der Waals surface area (Å²) in [5.74, 6) is 0.833. The summed E-state index contributed by atoms with van der Waals surface area (Å²) in [5.41, 5.74) is 8.70. The first kappa shape index (κ1) is 12.3. The van der Waals surface area contributed by atoms with Gasteiger partial charge >= 0.3 is 0 Å². The molecular weight excluding hydrogens is 224 g/mol. The first-order chi connectivity index (χ1) is 8.65. The topological polar surface area (TPSA) is 38.5 Å². The Kier molecular flexibility index (Phi) is 3.72. The van der Waals surface area contributed by atoms with Crippen molar-refractivity contribution in [2.45, 2.75) is 6.61 Å². The largest absolute Gasteiger partial charge is 0.489 e. The van der Waals surface area contributed by atoms with Crippen LogP contribution in [0.5, 0.6) is 5.75 Å². The van der Waals surface area contributed by atoms with Crippen LogP contribution < -0.4 is 15.4 Å². The first-order valence-electron chi connectivity index (χ1n) is 5.90. The second-order valence-corrected chi connectivity index (χ2v) is 4.42. The van der Waals surface area contributed by atoms with Gasteiger partial charge in [-0.1, -0.05) is 12.1 Å². The van der Waals surface area contributed by atoms with Gasteiger partial charge in [0.05, 0.1) is 0 Å². The summed E-state index contributed by atoms with van der Waals surface area (Å²) in [4.78, 5) is 2.08. The molecule has 0 saturated carbocycles. The number of benzene rings is 2. The van der Waals surface area contributed by atoms with E-state index in [0.29, 0.717) is 6.61 Å². The van der Waals surface area contributed by atoms with Crippen molar-refractivity contribution in [3.8, 4) is 5.75 Å². The van der Waals surface area contributed by atoms with Crippen molar-refractivity contribution in [2.75, 3.05) is 24.7 Å². The minimum Gasteiger partial charge on any atom is -0.489 e. The van der Waals surface area contributed by atoms with E-state index >= 15 is 0 Å². The lowest BCUT2D eigenvalue weighted by Crippen LogP contribution is -2.09. The third-order valence-corrected chi connectivity index (χ3v) is 2.71. The molecule has 0 bridgehead atoms. The number of rotatable bonds is 4. The Morgan fingerprint density at radius 3 is 2.44 bits per heavy atom. The maximum absolute atomic E-state index is 5.71. The molecule has 0 fully saturated rings. The third-order valence-electron chi connectivity index (χ3n) is 2.71. The molecule has 3 nitrogen and oxygen atoms in total. The molecule has 0 heterocycles. The number of hydrogen-bond acceptors (Lipinski definition) is 3. The fraction of sp³-hybridized carbons (Fsp3) is 0.200. The van der Waals surface area contributed by atoms with Gasteiger partial charge in [0.25, 0.3) is 0 Å². The van der Waals surface area contributed by atoms with E-state index in [4.69, 9.17) is 10.5 Å². The Hall–Kier alpha value is -2.16. The molecule has 0 aromatic heterocycles. The van der Waals surface area contributed by atoms with Gasteiger partial charge in [0.1, 0.15) is 12.4 Å². The summed E-state index contributed by atoms with van der Waals surface area (Å²) in [6.07, 6.45) is 0. The van der Waals surface area contributed by atoms with Crippen LogP contribution in [0.25, 0.3) is 0 Å². The van der Waals surface area contributed by atoms with Crippen molar-refractivity contribution >= 4 is 11.4 Å². The summed E-state index contributed by atoms with van der Waals surface area (Å²) >= 11 is 0. The molecule has 0 spiro atoms. The molecule has 0 aliphatic heterocycles. The van der Waals surface area contributed by atoms with E-state index in [2.05, 4.69) is 23.1 Å². The molecule has 0 saturated heterocycles. The van der Waals surface area contributed by atoms with Crippen LogP contribution in [0, 0.1) is 0 Å². The van der Waals surface area contributed by atoms with Crippen LogP contribution in [0.2, 0.25) is 0 Å². The second-order valence-electron chi connectivity index (χ2n) is 4.42. The highest BCUT2D eigenvalue weighted by Gasteiger charge is 1.99. The van der Waals surface area contributed by atoms with Crippen LogP contribution in [0.4, 0.5) is 11.4 Å². The predicted octanol–water partition coefficient (Wildman–Crippen LogP) is 2.91. The Morgan fingerprint density at radius 1 is 1.06 bits per heavy atom. The fourth-order valence-corrected chi connectivity index (χ4v) is 1.66. The molecule has 0 aliphatic rings. The van der Waals surface area contributed by atoms with Gasteiger partial charge in [-0.3, -0.25) is 0 Å². The lowest BCUT2D eigenvalue weighted by molar-refractivity contribution is 0.306. The molecule has 0 aliphatic carbocycles. The minimum atomic E-state index is 0.561. The van der Waals surface area contributed by atoms with E-state index in [1.54, 1.807) is 0 Å². The van der Waals surface area contributed by atoms with Crippen LogP contribution in [-0.4, -0.2) is 14.1 Å². The smallest absolute Gasteiger partial charge is 0.119 e. The van der Waals surface area contributed by atoms with Gasteiger partial charge in [-0.2, -0.15) is 0 Å². The summed E-state index contributed by atoms with van der Waals surface area (Å²) < 4.78 is 5.71. The molecule has 94 valence electrons. The van der Waals surface area contributed by atoms with Crippen molar-refractivity contribution in [1.29, 1.82) is 0 Å². The number of nitrogens with zero attached hydrogens (tertiary/aromatic N) is 1. The molecule has 2 aromatic rings. The van der Waals surface area contributed by atoms with Crippen molar-refractivity contribution in [3.05, 3.63) is 54.1 Å². The van der Waals surface area contributed by atoms with Gasteiger partial charge in [-0.05, 0) is 42.0 Å². The van der Waals surface area contributed by atoms with E-state index < -0.39 is 0 Å². The maximum atomic E-state index is 5.71. The second kappa shape index (κ2) is 5.45. The van der Waals surface area contributed by atoms with E-state index in [9.17, 15) is 0 Å². The van der Waals surface area contributed by atoms with Gasteiger partial charge in [0.15, 0.2) is 0 Å². The highest BCUT2D eigenvalue weighted by Crippen LogP contribution is 2.17. The molecule has 18 heavy (non-hydrogen) atoms. The molecule has 0 atom stereocenters. The molecule has 3 heteroatoms. The molecule has 0 unspecified atom stereocenters. The Bertz CT molecular complexity index is 506. The summed E-state index contributed by atoms with van der Waals surface area (Å²) in [6.45, 7) is 0.561. The standard InChI is InChI=1S/C15H18N2O/c1-17(2)14-5-3-4-12(10-14)11-18-15-8-6-13(16)7-9-15/h3-10H,11,16H2,1-2H3. The van der Waals surface area contributed by atoms with Crippen molar-refractivity contribution in [2.24, 2.45) is 0 Å². The maximum Gasteiger partial charge on any atom is 0.119 e. The molecular formula is C15H18N2O. The van der Waals surface area contributed by atoms with Crippen LogP contribution in [-0.2, 0) is 6.61 Å². The van der Waals surface area contributed by atoms with Gasteiger partial charge < -0.3 is 15.4 Å². The summed E-state index contributed by atoms with van der Waals surface area (Å²) in [5, 5.41) is 0. The molecule has 0 amide bonds. The van der Waals surface area contributed by atoms with Crippen LogP contribution in [0.1, 0.15) is 5.56 Å². The Morgan fingerprint density at radius 2 is 1.78 bits per heavy atom. The molecule has 2 N–H and O–H groups in total. The van der Waals surface area contributed by atoms with Gasteiger partial charge in [0.2, 0.25) is 0 Å². The summed E-state index contributed by atoms with van der Waals surface area (Å²) in [6, 6.07) is 15.7. The van der Waals surface area contributed by atoms with E-state index in [1.807, 2.05) is 44.4 Å². The van der Waals surface area contributed by atoms with E-state index in [0.717, 1.165) is 17.0 Å². The SMILES string of the molecule is CN(C)c1cccc(COc2ccc(N)cc2)c1. The predicted molar refractivity (Wildman–Crippen MR) is 76.0 cm³/mol. The Labute approximate surface area is 108 Å². The first-order valence-corrected chi connectivity index (χ1v) is 5.90. The van der Waals surface area contributed by atoms with Crippen LogP contribution in [0.15, 0.2) is 48.5 Å². The number of nitrogens with two attached hydrogens (primary N) is 1. The van der Waals surface area contributed by atoms with Crippen LogP contribution >= 0.6 is 0 Å². The van der Waals surface area contributed by atoms with Gasteiger partial charge in [-0.15, -0.1) is 0 Å². The van der Waals surface area contributed by atoms with Gasteiger partial charge in [-0.25, -0.2) is 0 Å². The molecule has 0 radical (unpaired) electrons. The lowest BCUT2D eigenvalue weighted by Gasteiger charge is -2.14. The Balaban J connectivity index is 2.01. The van der Waals surface area contributed by atoms with Crippen molar-refractivity contribution < 1.29 is 4.74 Å². The monoisotopic (exact) mass is 242 g/mol. The lowest BCUT2D eigenvalue weighted by atomic mass is 10.2. The average Bonchev–Trinajstić information content (AvgIpc) is 2.38. The van der Waals surface area contributed by atoms with E-state index in [1.165, 1.54) is 5.69 Å². The number of anilines is 2. The fourth-order valence-electron chi connectivity index (χ4n) is 1.66. The third kappa shape index (κ3) is 3.17. The van der Waals surface area contributed by atoms with Crippen molar-refractivity contribution in [3.63, 3.8) is 0 Å². The zero-order valence-corrected chi connectivity index (χ0v) is 10.8. The zero-order chi connectivity index (χ0) is 13.0. The van der Waals surface area contributed by atoms with Gasteiger partial charge in [0, 0.05) is 25.5 Å². The number of ether oxygens (including phenoxy) is 1. The zero-order valence-electron chi connectivity index (χ0n) is 10.8. The number of hydrogen-bond donors (Lipinski definition) is 1. The summed E-state index contributed by atoms with van der Waals surface area (Å²) in [7, 11) is 4.06. The molecule has 2 rings (SSSR count). The van der Waals surface area contributed by atoms with Crippen LogP contribution in [0.3, 0.4) is 0 Å². The average molecular weight is 242 g/mol. The highest BCUT2D eigenvalue weighted by molar-refractivity contribution is 5.47. The normalized spacial score (nSPS) is 10.1. The highest BCUT2D eigenvalue weighted by atomic mass is 16.5. The quantitative estimate of drug-likeness (QED) is 0.838. The molecule has 2 aromatic carbocycles. The minimum absolute atomic E-state index is 0.561. The van der Waals surface area contributed by atoms with Crippen molar-refractivity contribution in [1.82, 2.24) is 0 Å². The van der Waals surface area contributed by atoms with E-state index in [-0.39, 0.29) is 0 Å². The number of nitrogen functional groups attached to an aromatic ring is 1.